The number of rotatable bonds is 5. The number of aliphatic hydroxyl groups excluding tert-OH is 1. The zero-order chi connectivity index (χ0) is 12.8. The lowest BCUT2D eigenvalue weighted by molar-refractivity contribution is 0.288. The van der Waals surface area contributed by atoms with Crippen molar-refractivity contribution in [2.75, 3.05) is 13.2 Å². The van der Waals surface area contributed by atoms with Gasteiger partial charge < -0.3 is 10.4 Å². The van der Waals surface area contributed by atoms with Gasteiger partial charge in [-0.05, 0) is 18.1 Å². The predicted octanol–water partition coefficient (Wildman–Crippen LogP) is 2.67. The molecule has 0 saturated carbocycles. The molecule has 2 N–H and O–H groups in total. The van der Waals surface area contributed by atoms with Gasteiger partial charge in [-0.1, -0.05) is 60.2 Å². The summed E-state index contributed by atoms with van der Waals surface area (Å²) in [7, 11) is 0. The number of benzene rings is 2. The van der Waals surface area contributed by atoms with Crippen molar-refractivity contribution >= 4 is 0 Å². The number of hydrogen-bond donors (Lipinski definition) is 2. The second-order valence-electron chi connectivity index (χ2n) is 4.43. The molecule has 2 aromatic rings. The zero-order valence-electron chi connectivity index (χ0n) is 10.6. The lowest BCUT2D eigenvalue weighted by Crippen LogP contribution is -2.25. The molecule has 0 heterocycles. The van der Waals surface area contributed by atoms with Crippen molar-refractivity contribution in [1.29, 1.82) is 0 Å². The minimum Gasteiger partial charge on any atom is -0.395 e. The Morgan fingerprint density at radius 2 is 1.56 bits per heavy atom. The Bertz CT molecular complexity index is 464. The highest BCUT2D eigenvalue weighted by Gasteiger charge is 2.12. The molecular weight excluding hydrogens is 222 g/mol. The molecule has 0 saturated heterocycles. The van der Waals surface area contributed by atoms with Crippen LogP contribution >= 0.6 is 0 Å². The Morgan fingerprint density at radius 1 is 0.944 bits per heavy atom. The van der Waals surface area contributed by atoms with E-state index in [9.17, 15) is 0 Å². The summed E-state index contributed by atoms with van der Waals surface area (Å²) in [5, 5.41) is 12.4. The lowest BCUT2D eigenvalue weighted by Gasteiger charge is -2.19. The molecule has 1 unspecified atom stereocenters. The van der Waals surface area contributed by atoms with Gasteiger partial charge in [-0.25, -0.2) is 0 Å². The van der Waals surface area contributed by atoms with Crippen molar-refractivity contribution < 1.29 is 5.11 Å². The van der Waals surface area contributed by atoms with Crippen LogP contribution in [-0.2, 0) is 0 Å². The van der Waals surface area contributed by atoms with Gasteiger partial charge in [0.15, 0.2) is 0 Å². The van der Waals surface area contributed by atoms with Crippen LogP contribution in [0.4, 0.5) is 0 Å². The molecule has 2 aromatic carbocycles. The van der Waals surface area contributed by atoms with Gasteiger partial charge in [-0.15, -0.1) is 0 Å². The molecule has 2 rings (SSSR count). The lowest BCUT2D eigenvalue weighted by atomic mass is 9.98. The van der Waals surface area contributed by atoms with Gasteiger partial charge in [-0.2, -0.15) is 0 Å². The molecular formula is C16H19NO. The van der Waals surface area contributed by atoms with Crippen molar-refractivity contribution in [2.45, 2.75) is 13.0 Å². The van der Waals surface area contributed by atoms with Crippen LogP contribution in [0.15, 0.2) is 54.6 Å². The van der Waals surface area contributed by atoms with Crippen molar-refractivity contribution in [3.63, 3.8) is 0 Å². The molecule has 0 aromatic heterocycles. The Morgan fingerprint density at radius 3 is 2.17 bits per heavy atom. The van der Waals surface area contributed by atoms with Gasteiger partial charge in [0.25, 0.3) is 0 Å². The van der Waals surface area contributed by atoms with Crippen LogP contribution in [-0.4, -0.2) is 18.3 Å². The minimum absolute atomic E-state index is 0.138. The highest BCUT2D eigenvalue weighted by atomic mass is 16.3. The third kappa shape index (κ3) is 3.19. The van der Waals surface area contributed by atoms with E-state index < -0.39 is 0 Å². The molecule has 0 aliphatic heterocycles. The van der Waals surface area contributed by atoms with Gasteiger partial charge in [0.1, 0.15) is 0 Å². The van der Waals surface area contributed by atoms with Gasteiger partial charge in [-0.3, -0.25) is 0 Å². The van der Waals surface area contributed by atoms with Crippen LogP contribution in [0.1, 0.15) is 22.7 Å². The average Bonchev–Trinajstić information content (AvgIpc) is 2.42. The maximum absolute atomic E-state index is 8.99. The van der Waals surface area contributed by atoms with E-state index >= 15 is 0 Å². The fourth-order valence-corrected chi connectivity index (χ4v) is 2.04. The van der Waals surface area contributed by atoms with E-state index in [1.807, 2.05) is 18.2 Å². The van der Waals surface area contributed by atoms with Crippen LogP contribution in [0.3, 0.4) is 0 Å². The monoisotopic (exact) mass is 241 g/mol. The first kappa shape index (κ1) is 12.8. The average molecular weight is 241 g/mol. The van der Waals surface area contributed by atoms with Crippen LogP contribution in [0.25, 0.3) is 0 Å². The smallest absolute Gasteiger partial charge is 0.0577 e. The normalized spacial score (nSPS) is 12.3. The number of aryl methyl sites for hydroxylation is 1. The largest absolute Gasteiger partial charge is 0.395 e. The van der Waals surface area contributed by atoms with E-state index in [1.54, 1.807) is 0 Å². The summed E-state index contributed by atoms with van der Waals surface area (Å²) in [5.41, 5.74) is 3.70. The Labute approximate surface area is 108 Å². The second kappa shape index (κ2) is 6.34. The number of nitrogens with one attached hydrogen (secondary N) is 1. The van der Waals surface area contributed by atoms with Gasteiger partial charge in [0.2, 0.25) is 0 Å². The zero-order valence-corrected chi connectivity index (χ0v) is 10.6. The topological polar surface area (TPSA) is 32.3 Å². The van der Waals surface area contributed by atoms with Crippen molar-refractivity contribution in [2.24, 2.45) is 0 Å². The summed E-state index contributed by atoms with van der Waals surface area (Å²) in [5.74, 6) is 0. The molecule has 0 bridgehead atoms. The molecule has 1 atom stereocenters. The molecule has 0 aliphatic carbocycles. The van der Waals surface area contributed by atoms with Gasteiger partial charge in [0, 0.05) is 6.54 Å². The van der Waals surface area contributed by atoms with E-state index in [-0.39, 0.29) is 12.6 Å². The first-order valence-electron chi connectivity index (χ1n) is 6.27. The van der Waals surface area contributed by atoms with Crippen LogP contribution < -0.4 is 5.32 Å². The maximum Gasteiger partial charge on any atom is 0.0577 e. The SMILES string of the molecule is Cc1ccc(C(NCCO)c2ccccc2)cc1. The molecule has 2 heteroatoms. The summed E-state index contributed by atoms with van der Waals surface area (Å²) in [6.45, 7) is 2.82. The van der Waals surface area contributed by atoms with Crippen LogP contribution in [0.2, 0.25) is 0 Å². The highest BCUT2D eigenvalue weighted by molar-refractivity contribution is 5.33. The van der Waals surface area contributed by atoms with Crippen LogP contribution in [0, 0.1) is 6.92 Å². The van der Waals surface area contributed by atoms with E-state index in [4.69, 9.17) is 5.11 Å². The summed E-state index contributed by atoms with van der Waals surface area (Å²) < 4.78 is 0. The molecule has 0 aliphatic rings. The fraction of sp³-hybridized carbons (Fsp3) is 0.250. The molecule has 0 fully saturated rings. The summed E-state index contributed by atoms with van der Waals surface area (Å²) >= 11 is 0. The molecule has 18 heavy (non-hydrogen) atoms. The minimum atomic E-state index is 0.138. The molecule has 0 spiro atoms. The van der Waals surface area contributed by atoms with Gasteiger partial charge >= 0.3 is 0 Å². The molecule has 0 radical (unpaired) electrons. The third-order valence-electron chi connectivity index (χ3n) is 3.00. The van der Waals surface area contributed by atoms with Crippen molar-refractivity contribution in [3.05, 3.63) is 71.3 Å². The molecule has 0 amide bonds. The van der Waals surface area contributed by atoms with Crippen molar-refractivity contribution in [3.8, 4) is 0 Å². The van der Waals surface area contributed by atoms with E-state index in [2.05, 4.69) is 48.6 Å². The standard InChI is InChI=1S/C16H19NO/c1-13-7-9-15(10-8-13)16(17-11-12-18)14-5-3-2-4-6-14/h2-10,16-18H,11-12H2,1H3. The summed E-state index contributed by atoms with van der Waals surface area (Å²) in [4.78, 5) is 0. The molecule has 94 valence electrons. The van der Waals surface area contributed by atoms with E-state index in [0.717, 1.165) is 0 Å². The number of hydrogen-bond acceptors (Lipinski definition) is 2. The first-order valence-corrected chi connectivity index (χ1v) is 6.27. The highest BCUT2D eigenvalue weighted by Crippen LogP contribution is 2.21. The summed E-state index contributed by atoms with van der Waals surface area (Å²) in [6, 6.07) is 18.9. The van der Waals surface area contributed by atoms with Crippen molar-refractivity contribution in [1.82, 2.24) is 5.32 Å². The Hall–Kier alpha value is -1.64. The third-order valence-corrected chi connectivity index (χ3v) is 3.00. The predicted molar refractivity (Wildman–Crippen MR) is 74.6 cm³/mol. The maximum atomic E-state index is 8.99. The van der Waals surface area contributed by atoms with Crippen LogP contribution in [0.5, 0.6) is 0 Å². The molecule has 2 nitrogen and oxygen atoms in total. The second-order valence-corrected chi connectivity index (χ2v) is 4.43. The summed E-state index contributed by atoms with van der Waals surface area (Å²) in [6.07, 6.45) is 0. The van der Waals surface area contributed by atoms with E-state index in [0.29, 0.717) is 6.54 Å². The first-order chi connectivity index (χ1) is 8.81. The van der Waals surface area contributed by atoms with Gasteiger partial charge in [0.05, 0.1) is 12.6 Å². The quantitative estimate of drug-likeness (QED) is 0.843. The van der Waals surface area contributed by atoms with E-state index in [1.165, 1.54) is 16.7 Å². The Kier molecular flexibility index (Phi) is 4.51. The fourth-order valence-electron chi connectivity index (χ4n) is 2.04. The Balaban J connectivity index is 2.27. The number of aliphatic hydroxyl groups is 1.